The van der Waals surface area contributed by atoms with Crippen molar-refractivity contribution >= 4 is 29.4 Å². The molecule has 3 rings (SSSR count). The summed E-state index contributed by atoms with van der Waals surface area (Å²) in [7, 11) is 1.57. The van der Waals surface area contributed by atoms with Crippen molar-refractivity contribution in [2.24, 2.45) is 0 Å². The van der Waals surface area contributed by atoms with Crippen molar-refractivity contribution in [3.63, 3.8) is 0 Å². The number of amides is 4. The Morgan fingerprint density at radius 3 is 2.34 bits per heavy atom. The average molecular weight is 418 g/mol. The van der Waals surface area contributed by atoms with Crippen LogP contribution >= 0.6 is 11.6 Å². The largest absolute Gasteiger partial charge is 0.340 e. The predicted molar refractivity (Wildman–Crippen MR) is 107 cm³/mol. The van der Waals surface area contributed by atoms with Crippen LogP contribution in [0.25, 0.3) is 0 Å². The molecule has 152 valence electrons. The van der Waals surface area contributed by atoms with Crippen LogP contribution in [-0.2, 0) is 21.7 Å². The number of nitrogens with zero attached hydrogens (tertiary/aromatic N) is 2. The van der Waals surface area contributed by atoms with Crippen molar-refractivity contribution in [1.29, 1.82) is 0 Å². The molecule has 29 heavy (non-hydrogen) atoms. The molecule has 1 N–H and O–H groups in total. The van der Waals surface area contributed by atoms with Crippen LogP contribution in [0.5, 0.6) is 0 Å². The second-order valence-electron chi connectivity index (χ2n) is 6.96. The van der Waals surface area contributed by atoms with E-state index >= 15 is 0 Å². The molecule has 1 heterocycles. The summed E-state index contributed by atoms with van der Waals surface area (Å²) in [5.41, 5.74) is 0.123. The van der Waals surface area contributed by atoms with Crippen LogP contribution in [0, 0.1) is 5.82 Å². The minimum absolute atomic E-state index is 0.235. The van der Waals surface area contributed by atoms with Gasteiger partial charge in [-0.25, -0.2) is 9.18 Å². The van der Waals surface area contributed by atoms with Gasteiger partial charge in [-0.1, -0.05) is 42.8 Å². The molecule has 0 bridgehead atoms. The number of carbonyl (C=O) groups excluding carboxylic acids is 3. The molecule has 1 aliphatic heterocycles. The van der Waals surface area contributed by atoms with Gasteiger partial charge in [-0.05, 0) is 41.8 Å². The fraction of sp³-hybridized carbons (Fsp3) is 0.286. The smallest absolute Gasteiger partial charge is 0.325 e. The summed E-state index contributed by atoms with van der Waals surface area (Å²) in [5.74, 6) is -1.24. The van der Waals surface area contributed by atoms with Gasteiger partial charge < -0.3 is 10.2 Å². The maximum absolute atomic E-state index is 13.1. The van der Waals surface area contributed by atoms with E-state index in [4.69, 9.17) is 11.6 Å². The molecule has 0 spiro atoms. The SMILES string of the molecule is CCC1(c2ccc(Cl)cc2)NC(=O)N(CC(=O)N(C)Cc2ccc(F)cc2)C1=O. The number of benzene rings is 2. The summed E-state index contributed by atoms with van der Waals surface area (Å²) in [4.78, 5) is 40.5. The molecule has 6 nitrogen and oxygen atoms in total. The van der Waals surface area contributed by atoms with E-state index < -0.39 is 23.4 Å². The number of rotatable bonds is 6. The third kappa shape index (κ3) is 4.10. The van der Waals surface area contributed by atoms with Gasteiger partial charge >= 0.3 is 6.03 Å². The molecule has 4 amide bonds. The Morgan fingerprint density at radius 2 is 1.76 bits per heavy atom. The molecule has 0 aliphatic carbocycles. The third-order valence-electron chi connectivity index (χ3n) is 5.10. The Hall–Kier alpha value is -2.93. The van der Waals surface area contributed by atoms with Gasteiger partial charge in [0, 0.05) is 18.6 Å². The predicted octanol–water partition coefficient (Wildman–Crippen LogP) is 3.29. The summed E-state index contributed by atoms with van der Waals surface area (Å²) < 4.78 is 13.0. The van der Waals surface area contributed by atoms with Crippen LogP contribution in [-0.4, -0.2) is 41.2 Å². The summed E-state index contributed by atoms with van der Waals surface area (Å²) in [5, 5.41) is 3.25. The fourth-order valence-corrected chi connectivity index (χ4v) is 3.48. The number of imide groups is 1. The Bertz CT molecular complexity index is 933. The van der Waals surface area contributed by atoms with Gasteiger partial charge in [0.1, 0.15) is 17.9 Å². The molecule has 8 heteroatoms. The van der Waals surface area contributed by atoms with Gasteiger partial charge in [0.2, 0.25) is 5.91 Å². The second-order valence-corrected chi connectivity index (χ2v) is 7.40. The molecule has 2 aromatic carbocycles. The van der Waals surface area contributed by atoms with E-state index in [1.54, 1.807) is 50.4 Å². The number of urea groups is 1. The summed E-state index contributed by atoms with van der Waals surface area (Å²) in [6, 6.07) is 11.8. The van der Waals surface area contributed by atoms with Gasteiger partial charge in [0.15, 0.2) is 0 Å². The minimum Gasteiger partial charge on any atom is -0.340 e. The lowest BCUT2D eigenvalue weighted by Gasteiger charge is -2.26. The number of halogens is 2. The van der Waals surface area contributed by atoms with Gasteiger partial charge in [0.05, 0.1) is 0 Å². The lowest BCUT2D eigenvalue weighted by molar-refractivity contribution is -0.138. The van der Waals surface area contributed by atoms with Crippen LogP contribution in [0.4, 0.5) is 9.18 Å². The van der Waals surface area contributed by atoms with Crippen molar-refractivity contribution in [1.82, 2.24) is 15.1 Å². The first-order valence-corrected chi connectivity index (χ1v) is 9.53. The summed E-state index contributed by atoms with van der Waals surface area (Å²) in [6.07, 6.45) is 0.329. The zero-order valence-electron chi connectivity index (χ0n) is 16.1. The van der Waals surface area contributed by atoms with Crippen molar-refractivity contribution in [2.75, 3.05) is 13.6 Å². The van der Waals surface area contributed by atoms with Gasteiger partial charge in [-0.15, -0.1) is 0 Å². The maximum Gasteiger partial charge on any atom is 0.325 e. The molecule has 1 unspecified atom stereocenters. The number of nitrogens with one attached hydrogen (secondary N) is 1. The quantitative estimate of drug-likeness (QED) is 0.733. The Morgan fingerprint density at radius 1 is 1.14 bits per heavy atom. The first-order valence-electron chi connectivity index (χ1n) is 9.15. The molecule has 2 aromatic rings. The zero-order chi connectivity index (χ0) is 21.2. The molecule has 1 fully saturated rings. The third-order valence-corrected chi connectivity index (χ3v) is 5.35. The van der Waals surface area contributed by atoms with Crippen LogP contribution < -0.4 is 5.32 Å². The highest BCUT2D eigenvalue weighted by Gasteiger charge is 2.51. The lowest BCUT2D eigenvalue weighted by atomic mass is 9.87. The van der Waals surface area contributed by atoms with E-state index in [0.717, 1.165) is 10.5 Å². The molecule has 0 saturated carbocycles. The van der Waals surface area contributed by atoms with Crippen molar-refractivity contribution < 1.29 is 18.8 Å². The normalized spacial score (nSPS) is 18.7. The van der Waals surface area contributed by atoms with Crippen molar-refractivity contribution in [3.05, 3.63) is 70.5 Å². The Kier molecular flexibility index (Phi) is 5.88. The number of hydrogen-bond donors (Lipinski definition) is 1. The van der Waals surface area contributed by atoms with E-state index in [0.29, 0.717) is 17.0 Å². The van der Waals surface area contributed by atoms with E-state index in [-0.39, 0.29) is 18.9 Å². The highest BCUT2D eigenvalue weighted by atomic mass is 35.5. The molecule has 1 atom stereocenters. The standard InChI is InChI=1S/C21H21ClFN3O3/c1-3-21(15-6-8-16(22)9-7-15)19(28)26(20(29)24-21)13-18(27)25(2)12-14-4-10-17(23)11-5-14/h4-11H,3,12-13H2,1-2H3,(H,24,29). The van der Waals surface area contributed by atoms with Gasteiger partial charge in [-0.2, -0.15) is 0 Å². The van der Waals surface area contributed by atoms with Crippen LogP contribution in [0.15, 0.2) is 48.5 Å². The highest BCUT2D eigenvalue weighted by molar-refractivity contribution is 6.30. The van der Waals surface area contributed by atoms with Crippen LogP contribution in [0.2, 0.25) is 5.02 Å². The molecule has 1 saturated heterocycles. The fourth-order valence-electron chi connectivity index (χ4n) is 3.35. The summed E-state index contributed by atoms with van der Waals surface area (Å²) in [6.45, 7) is 1.65. The summed E-state index contributed by atoms with van der Waals surface area (Å²) >= 11 is 5.93. The molecular formula is C21H21ClFN3O3. The van der Waals surface area contributed by atoms with E-state index in [1.807, 2.05) is 0 Å². The van der Waals surface area contributed by atoms with Crippen LogP contribution in [0.1, 0.15) is 24.5 Å². The van der Waals surface area contributed by atoms with E-state index in [1.165, 1.54) is 17.0 Å². The molecule has 0 radical (unpaired) electrons. The van der Waals surface area contributed by atoms with Crippen LogP contribution in [0.3, 0.4) is 0 Å². The first-order chi connectivity index (χ1) is 13.8. The zero-order valence-corrected chi connectivity index (χ0v) is 16.9. The van der Waals surface area contributed by atoms with Crippen molar-refractivity contribution in [2.45, 2.75) is 25.4 Å². The molecule has 0 aromatic heterocycles. The number of hydrogen-bond acceptors (Lipinski definition) is 3. The highest BCUT2D eigenvalue weighted by Crippen LogP contribution is 2.33. The average Bonchev–Trinajstić information content (AvgIpc) is 2.95. The Labute approximate surface area is 173 Å². The van der Waals surface area contributed by atoms with Crippen molar-refractivity contribution in [3.8, 4) is 0 Å². The molecular weight excluding hydrogens is 397 g/mol. The minimum atomic E-state index is -1.22. The van der Waals surface area contributed by atoms with E-state index in [9.17, 15) is 18.8 Å². The topological polar surface area (TPSA) is 69.7 Å². The monoisotopic (exact) mass is 417 g/mol. The lowest BCUT2D eigenvalue weighted by Crippen LogP contribution is -2.45. The molecule has 1 aliphatic rings. The first kappa shape index (κ1) is 20.8. The van der Waals surface area contributed by atoms with E-state index in [2.05, 4.69) is 5.32 Å². The maximum atomic E-state index is 13.1. The second kappa shape index (κ2) is 8.21. The number of likely N-dealkylation sites (N-methyl/N-ethyl adjacent to an activating group) is 1. The van der Waals surface area contributed by atoms with Gasteiger partial charge in [-0.3, -0.25) is 14.5 Å². The Balaban J connectivity index is 1.74. The number of carbonyl (C=O) groups is 3. The van der Waals surface area contributed by atoms with Gasteiger partial charge in [0.25, 0.3) is 5.91 Å².